The molecule has 342 valence electrons. The van der Waals surface area contributed by atoms with E-state index in [1.807, 2.05) is 106 Å². The van der Waals surface area contributed by atoms with Gasteiger partial charge in [0, 0.05) is 16.7 Å². The van der Waals surface area contributed by atoms with E-state index in [9.17, 15) is 28.8 Å². The maximum absolute atomic E-state index is 12.7. The van der Waals surface area contributed by atoms with Crippen LogP contribution in [0.25, 0.3) is 0 Å². The lowest BCUT2D eigenvalue weighted by atomic mass is 10.1. The lowest BCUT2D eigenvalue weighted by Gasteiger charge is -2.35. The van der Waals surface area contributed by atoms with Crippen molar-refractivity contribution >= 4 is 35.4 Å². The summed E-state index contributed by atoms with van der Waals surface area (Å²) in [5.74, 6) is -1.86. The maximum Gasteiger partial charge on any atom is 0.305 e. The zero-order valence-electron chi connectivity index (χ0n) is 38.7. The molecule has 65 heavy (non-hydrogen) atoms. The smallest absolute Gasteiger partial charge is 0.305 e. The minimum Gasteiger partial charge on any atom is -0.472 e. The lowest BCUT2D eigenvalue weighted by molar-refractivity contribution is 0.0348. The minimum atomic E-state index is -0.580. The van der Waals surface area contributed by atoms with Gasteiger partial charge < -0.3 is 13.3 Å². The van der Waals surface area contributed by atoms with E-state index in [4.69, 9.17) is 13.3 Å². The van der Waals surface area contributed by atoms with E-state index in [2.05, 4.69) is 16.3 Å². The van der Waals surface area contributed by atoms with Crippen LogP contribution in [0.5, 0.6) is 0 Å². The fraction of sp³-hybridized carbons (Fsp3) is 0.280. The van der Waals surface area contributed by atoms with Crippen LogP contribution in [0.15, 0.2) is 148 Å². The quantitative estimate of drug-likeness (QED) is 0.137. The molecule has 0 unspecified atom stereocenters. The SMILES string of the molecule is CC(C)(C)N(NC(=O)c1ccoc1)C(=O)c1ccccc1.Cc1cccc(C(=O)N(NC(=O)c2ccco2)C(C)(C)C)c1.Cc1cccc(C(=O)N(NC(=O)c2ccoc2)C(C)(C)C)c1. The number of furan rings is 3. The van der Waals surface area contributed by atoms with Crippen molar-refractivity contribution in [2.45, 2.75) is 92.8 Å². The molecule has 0 aliphatic rings. The molecule has 0 atom stereocenters. The molecule has 0 saturated heterocycles. The second-order valence-corrected chi connectivity index (χ2v) is 17.9. The Morgan fingerprint density at radius 2 is 0.800 bits per heavy atom. The molecule has 0 radical (unpaired) electrons. The number of amides is 6. The molecule has 3 aromatic carbocycles. The Bertz CT molecular complexity index is 2390. The fourth-order valence-corrected chi connectivity index (χ4v) is 5.78. The van der Waals surface area contributed by atoms with Crippen molar-refractivity contribution in [3.05, 3.63) is 179 Å². The average molecular weight is 887 g/mol. The zero-order valence-corrected chi connectivity index (χ0v) is 38.7. The number of carbonyl (C=O) groups excluding carboxylic acids is 6. The van der Waals surface area contributed by atoms with Crippen LogP contribution in [0.1, 0.15) is 136 Å². The first-order chi connectivity index (χ1) is 30.5. The fourth-order valence-electron chi connectivity index (χ4n) is 5.78. The number of nitrogens with one attached hydrogen (secondary N) is 3. The molecule has 0 aliphatic carbocycles. The highest BCUT2D eigenvalue weighted by atomic mass is 16.3. The van der Waals surface area contributed by atoms with Crippen molar-refractivity contribution in [1.82, 2.24) is 31.3 Å². The van der Waals surface area contributed by atoms with Gasteiger partial charge in [-0.25, -0.2) is 15.0 Å². The Balaban J connectivity index is 0.000000213. The number of benzene rings is 3. The number of aryl methyl sites for hydroxylation is 2. The molecule has 3 aromatic heterocycles. The molecular formula is C50H58N6O9. The summed E-state index contributed by atoms with van der Waals surface area (Å²) in [7, 11) is 0. The molecule has 0 spiro atoms. The predicted molar refractivity (Wildman–Crippen MR) is 245 cm³/mol. The van der Waals surface area contributed by atoms with Crippen LogP contribution < -0.4 is 16.3 Å². The molecule has 0 fully saturated rings. The van der Waals surface area contributed by atoms with Gasteiger partial charge in [0.2, 0.25) is 0 Å². The van der Waals surface area contributed by atoms with Crippen LogP contribution in [-0.4, -0.2) is 67.1 Å². The molecule has 15 heteroatoms. The largest absolute Gasteiger partial charge is 0.472 e. The average Bonchev–Trinajstić information content (AvgIpc) is 4.08. The Kier molecular flexibility index (Phi) is 16.6. The van der Waals surface area contributed by atoms with Gasteiger partial charge in [-0.3, -0.25) is 45.0 Å². The first-order valence-corrected chi connectivity index (χ1v) is 20.7. The van der Waals surface area contributed by atoms with Crippen molar-refractivity contribution in [1.29, 1.82) is 0 Å². The van der Waals surface area contributed by atoms with Gasteiger partial charge in [0.05, 0.1) is 46.5 Å². The highest BCUT2D eigenvalue weighted by Crippen LogP contribution is 2.19. The van der Waals surface area contributed by atoms with Crippen LogP contribution in [0.2, 0.25) is 0 Å². The van der Waals surface area contributed by atoms with Crippen LogP contribution in [0, 0.1) is 13.8 Å². The van der Waals surface area contributed by atoms with Crippen molar-refractivity contribution in [2.75, 3.05) is 0 Å². The van der Waals surface area contributed by atoms with Crippen molar-refractivity contribution in [3.63, 3.8) is 0 Å². The van der Waals surface area contributed by atoms with Gasteiger partial charge in [-0.2, -0.15) is 0 Å². The van der Waals surface area contributed by atoms with E-state index >= 15 is 0 Å². The summed E-state index contributed by atoms with van der Waals surface area (Å²) in [4.78, 5) is 74.6. The normalized spacial score (nSPS) is 11.1. The Labute approximate surface area is 379 Å². The van der Waals surface area contributed by atoms with Crippen LogP contribution in [0.3, 0.4) is 0 Å². The van der Waals surface area contributed by atoms with E-state index in [0.29, 0.717) is 27.8 Å². The molecule has 0 aliphatic heterocycles. The number of hydrogen-bond donors (Lipinski definition) is 3. The Hall–Kier alpha value is -7.68. The van der Waals surface area contributed by atoms with Gasteiger partial charge in [-0.15, -0.1) is 0 Å². The molecule has 6 rings (SSSR count). The number of hydrogen-bond acceptors (Lipinski definition) is 9. The van der Waals surface area contributed by atoms with Crippen LogP contribution >= 0.6 is 0 Å². The zero-order chi connectivity index (χ0) is 48.1. The number of hydrazine groups is 3. The summed E-state index contributed by atoms with van der Waals surface area (Å²) in [6.45, 7) is 20.5. The monoisotopic (exact) mass is 886 g/mol. The summed E-state index contributed by atoms with van der Waals surface area (Å²) in [5.41, 5.74) is 10.5. The molecule has 3 heterocycles. The summed E-state index contributed by atoms with van der Waals surface area (Å²) in [6.07, 6.45) is 6.92. The second-order valence-electron chi connectivity index (χ2n) is 17.9. The van der Waals surface area contributed by atoms with E-state index in [-0.39, 0.29) is 35.3 Å². The third kappa shape index (κ3) is 14.4. The minimum absolute atomic E-state index is 0.159. The van der Waals surface area contributed by atoms with Crippen LogP contribution in [-0.2, 0) is 0 Å². The summed E-state index contributed by atoms with van der Waals surface area (Å²) in [5, 5.41) is 4.00. The van der Waals surface area contributed by atoms with Crippen molar-refractivity contribution < 1.29 is 42.0 Å². The van der Waals surface area contributed by atoms with Crippen LogP contribution in [0.4, 0.5) is 0 Å². The standard InChI is InChI=1S/2C17H20N2O3.C16H18N2O3/c1-12-7-5-8-13(11-12)16(21)19(17(2,3)4)18-15(20)14-9-6-10-22-14;1-12-6-5-7-13(10-12)16(21)19(17(2,3)4)18-15(20)14-8-9-22-11-14;1-16(2,3)18(15(20)12-7-5-4-6-8-12)17-14(19)13-9-10-21-11-13/h2*5-11H,1-4H3,(H,18,20);4-11H,1-3H3,(H,17,19). The van der Waals surface area contributed by atoms with Gasteiger partial charge in [0.15, 0.2) is 5.76 Å². The molecule has 6 amide bonds. The van der Waals surface area contributed by atoms with E-state index in [1.165, 1.54) is 46.3 Å². The van der Waals surface area contributed by atoms with Gasteiger partial charge >= 0.3 is 5.91 Å². The van der Waals surface area contributed by atoms with Gasteiger partial charge in [0.1, 0.15) is 12.5 Å². The number of carbonyl (C=O) groups is 6. The second kappa shape index (κ2) is 21.6. The van der Waals surface area contributed by atoms with E-state index in [0.717, 1.165) is 11.1 Å². The third-order valence-electron chi connectivity index (χ3n) is 9.12. The Morgan fingerprint density at radius 1 is 0.415 bits per heavy atom. The summed E-state index contributed by atoms with van der Waals surface area (Å²) in [6, 6.07) is 29.6. The lowest BCUT2D eigenvalue weighted by Crippen LogP contribution is -2.55. The molecule has 15 nitrogen and oxygen atoms in total. The van der Waals surface area contributed by atoms with Gasteiger partial charge in [-0.1, -0.05) is 53.6 Å². The predicted octanol–water partition coefficient (Wildman–Crippen LogP) is 9.21. The third-order valence-corrected chi connectivity index (χ3v) is 9.12. The molecule has 3 N–H and O–H groups in total. The first kappa shape index (κ1) is 50.0. The number of rotatable bonds is 6. The van der Waals surface area contributed by atoms with Crippen molar-refractivity contribution in [3.8, 4) is 0 Å². The highest BCUT2D eigenvalue weighted by Gasteiger charge is 2.32. The summed E-state index contributed by atoms with van der Waals surface area (Å²) < 4.78 is 14.8. The van der Waals surface area contributed by atoms with Crippen molar-refractivity contribution in [2.24, 2.45) is 0 Å². The van der Waals surface area contributed by atoms with Gasteiger partial charge in [-0.05, 0) is 137 Å². The first-order valence-electron chi connectivity index (χ1n) is 20.7. The molecule has 6 aromatic rings. The number of nitrogens with zero attached hydrogens (tertiary/aromatic N) is 3. The molecular weight excluding hydrogens is 829 g/mol. The van der Waals surface area contributed by atoms with Gasteiger partial charge in [0.25, 0.3) is 29.5 Å². The maximum atomic E-state index is 12.7. The summed E-state index contributed by atoms with van der Waals surface area (Å²) >= 11 is 0. The topological polar surface area (TPSA) is 188 Å². The Morgan fingerprint density at radius 3 is 1.14 bits per heavy atom. The molecule has 0 bridgehead atoms. The van der Waals surface area contributed by atoms with E-state index in [1.54, 1.807) is 72.8 Å². The van der Waals surface area contributed by atoms with E-state index < -0.39 is 22.5 Å². The highest BCUT2D eigenvalue weighted by molar-refractivity contribution is 6.01. The molecule has 0 saturated carbocycles.